The zero-order valence-corrected chi connectivity index (χ0v) is 5.87. The molecule has 2 nitrogen and oxygen atoms in total. The second-order valence-corrected chi connectivity index (χ2v) is 2.53. The highest BCUT2D eigenvalue weighted by Crippen LogP contribution is 2.29. The fraction of sp³-hybridized carbons (Fsp3) is 0.375. The SMILES string of the molecule is Cc1cccnc1[C@@H]1CO1. The van der Waals surface area contributed by atoms with Gasteiger partial charge in [0.2, 0.25) is 0 Å². The summed E-state index contributed by atoms with van der Waals surface area (Å²) in [4.78, 5) is 4.22. The van der Waals surface area contributed by atoms with Crippen molar-refractivity contribution in [3.05, 3.63) is 29.6 Å². The molecule has 2 heterocycles. The molecular formula is C8H9NO. The summed E-state index contributed by atoms with van der Waals surface area (Å²) in [6, 6.07) is 4.01. The molecule has 0 radical (unpaired) electrons. The van der Waals surface area contributed by atoms with Gasteiger partial charge in [-0.1, -0.05) is 6.07 Å². The molecule has 0 aliphatic carbocycles. The molecule has 1 fully saturated rings. The van der Waals surface area contributed by atoms with Crippen LogP contribution in [0.1, 0.15) is 17.4 Å². The molecule has 1 aromatic rings. The number of aromatic nitrogens is 1. The van der Waals surface area contributed by atoms with E-state index in [-0.39, 0.29) is 0 Å². The van der Waals surface area contributed by atoms with E-state index in [2.05, 4.69) is 18.0 Å². The number of rotatable bonds is 1. The first-order valence-electron chi connectivity index (χ1n) is 3.41. The lowest BCUT2D eigenvalue weighted by atomic mass is 10.2. The molecule has 10 heavy (non-hydrogen) atoms. The maximum atomic E-state index is 5.11. The third kappa shape index (κ3) is 0.907. The largest absolute Gasteiger partial charge is 0.366 e. The Morgan fingerprint density at radius 1 is 1.70 bits per heavy atom. The van der Waals surface area contributed by atoms with Gasteiger partial charge in [0.05, 0.1) is 12.3 Å². The fourth-order valence-electron chi connectivity index (χ4n) is 1.04. The van der Waals surface area contributed by atoms with Gasteiger partial charge in [-0.05, 0) is 18.6 Å². The number of epoxide rings is 1. The molecular weight excluding hydrogens is 126 g/mol. The Balaban J connectivity index is 2.39. The Morgan fingerprint density at radius 3 is 3.10 bits per heavy atom. The number of pyridine rings is 1. The number of hydrogen-bond donors (Lipinski definition) is 0. The van der Waals surface area contributed by atoms with Crippen LogP contribution in [0.5, 0.6) is 0 Å². The third-order valence-electron chi connectivity index (χ3n) is 1.69. The summed E-state index contributed by atoms with van der Waals surface area (Å²) in [5, 5.41) is 0. The predicted molar refractivity (Wildman–Crippen MR) is 37.7 cm³/mol. The molecule has 0 bridgehead atoms. The highest BCUT2D eigenvalue weighted by molar-refractivity contribution is 5.21. The smallest absolute Gasteiger partial charge is 0.123 e. The van der Waals surface area contributed by atoms with E-state index < -0.39 is 0 Å². The Morgan fingerprint density at radius 2 is 2.50 bits per heavy atom. The van der Waals surface area contributed by atoms with Gasteiger partial charge in [-0.2, -0.15) is 0 Å². The van der Waals surface area contributed by atoms with Gasteiger partial charge in [0.25, 0.3) is 0 Å². The molecule has 0 spiro atoms. The minimum Gasteiger partial charge on any atom is -0.366 e. The van der Waals surface area contributed by atoms with E-state index in [4.69, 9.17) is 4.74 Å². The van der Waals surface area contributed by atoms with Crippen LogP contribution in [0.15, 0.2) is 18.3 Å². The van der Waals surface area contributed by atoms with Crippen molar-refractivity contribution in [1.29, 1.82) is 0 Å². The zero-order valence-electron chi connectivity index (χ0n) is 5.87. The van der Waals surface area contributed by atoms with Gasteiger partial charge in [-0.3, -0.25) is 4.98 Å². The maximum Gasteiger partial charge on any atom is 0.123 e. The van der Waals surface area contributed by atoms with Crippen LogP contribution in [0.2, 0.25) is 0 Å². The number of nitrogens with zero attached hydrogens (tertiary/aromatic N) is 1. The minimum absolute atomic E-state index is 0.293. The molecule has 0 unspecified atom stereocenters. The van der Waals surface area contributed by atoms with Crippen LogP contribution in [-0.4, -0.2) is 11.6 Å². The lowest BCUT2D eigenvalue weighted by molar-refractivity contribution is 0.410. The predicted octanol–water partition coefficient (Wildman–Crippen LogP) is 1.46. The van der Waals surface area contributed by atoms with E-state index in [0.29, 0.717) is 6.10 Å². The van der Waals surface area contributed by atoms with E-state index in [1.54, 1.807) is 0 Å². The highest BCUT2D eigenvalue weighted by atomic mass is 16.6. The van der Waals surface area contributed by atoms with Gasteiger partial charge in [-0.15, -0.1) is 0 Å². The average Bonchev–Trinajstić information content (AvgIpc) is 2.71. The van der Waals surface area contributed by atoms with E-state index in [0.717, 1.165) is 12.3 Å². The van der Waals surface area contributed by atoms with E-state index >= 15 is 0 Å². The topological polar surface area (TPSA) is 25.4 Å². The van der Waals surface area contributed by atoms with Crippen LogP contribution in [0.25, 0.3) is 0 Å². The first-order chi connectivity index (χ1) is 4.88. The Kier molecular flexibility index (Phi) is 1.21. The minimum atomic E-state index is 0.293. The van der Waals surface area contributed by atoms with Crippen LogP contribution < -0.4 is 0 Å². The first-order valence-corrected chi connectivity index (χ1v) is 3.41. The molecule has 0 aromatic carbocycles. The van der Waals surface area contributed by atoms with Crippen molar-refractivity contribution < 1.29 is 4.74 Å². The van der Waals surface area contributed by atoms with E-state index in [1.807, 2.05) is 12.3 Å². The van der Waals surface area contributed by atoms with Crippen LogP contribution in [0.3, 0.4) is 0 Å². The standard InChI is InChI=1S/C8H9NO/c1-6-3-2-4-9-8(6)7-5-10-7/h2-4,7H,5H2,1H3/t7-/m0/s1. The number of hydrogen-bond acceptors (Lipinski definition) is 2. The van der Waals surface area contributed by atoms with Crippen molar-refractivity contribution in [3.8, 4) is 0 Å². The molecule has 0 N–H and O–H groups in total. The summed E-state index contributed by atoms with van der Waals surface area (Å²) >= 11 is 0. The molecule has 1 aliphatic rings. The summed E-state index contributed by atoms with van der Waals surface area (Å²) in [5.74, 6) is 0. The zero-order chi connectivity index (χ0) is 6.97. The average molecular weight is 135 g/mol. The van der Waals surface area contributed by atoms with Crippen molar-refractivity contribution in [2.75, 3.05) is 6.61 Å². The molecule has 1 aromatic heterocycles. The Hall–Kier alpha value is -0.890. The van der Waals surface area contributed by atoms with E-state index in [1.165, 1.54) is 5.56 Å². The quantitative estimate of drug-likeness (QED) is 0.545. The Labute approximate surface area is 59.9 Å². The summed E-state index contributed by atoms with van der Waals surface area (Å²) in [6.07, 6.45) is 2.10. The van der Waals surface area contributed by atoms with Crippen LogP contribution in [0.4, 0.5) is 0 Å². The normalized spacial score (nSPS) is 22.7. The third-order valence-corrected chi connectivity index (χ3v) is 1.69. The molecule has 0 amide bonds. The molecule has 52 valence electrons. The van der Waals surface area contributed by atoms with Crippen molar-refractivity contribution in [3.63, 3.8) is 0 Å². The Bertz CT molecular complexity index is 243. The van der Waals surface area contributed by atoms with Gasteiger partial charge in [0, 0.05) is 6.20 Å². The summed E-state index contributed by atoms with van der Waals surface area (Å²) in [5.41, 5.74) is 2.33. The summed E-state index contributed by atoms with van der Waals surface area (Å²) < 4.78 is 5.11. The van der Waals surface area contributed by atoms with Crippen LogP contribution >= 0.6 is 0 Å². The molecule has 2 heteroatoms. The second kappa shape index (κ2) is 2.06. The summed E-state index contributed by atoms with van der Waals surface area (Å²) in [7, 11) is 0. The molecule has 1 atom stereocenters. The maximum absolute atomic E-state index is 5.11. The molecule has 1 saturated heterocycles. The van der Waals surface area contributed by atoms with Gasteiger partial charge < -0.3 is 4.74 Å². The number of aryl methyl sites for hydroxylation is 1. The van der Waals surface area contributed by atoms with E-state index in [9.17, 15) is 0 Å². The van der Waals surface area contributed by atoms with Crippen LogP contribution in [-0.2, 0) is 4.74 Å². The van der Waals surface area contributed by atoms with Crippen molar-refractivity contribution in [2.24, 2.45) is 0 Å². The lowest BCUT2D eigenvalue weighted by Crippen LogP contribution is -1.89. The number of ether oxygens (including phenoxy) is 1. The fourth-order valence-corrected chi connectivity index (χ4v) is 1.04. The lowest BCUT2D eigenvalue weighted by Gasteiger charge is -1.97. The van der Waals surface area contributed by atoms with Gasteiger partial charge in [0.15, 0.2) is 0 Å². The van der Waals surface area contributed by atoms with Crippen molar-refractivity contribution >= 4 is 0 Å². The van der Waals surface area contributed by atoms with Gasteiger partial charge in [-0.25, -0.2) is 0 Å². The van der Waals surface area contributed by atoms with Crippen LogP contribution in [0, 0.1) is 6.92 Å². The van der Waals surface area contributed by atoms with Gasteiger partial charge >= 0.3 is 0 Å². The first kappa shape index (κ1) is 5.86. The monoisotopic (exact) mass is 135 g/mol. The van der Waals surface area contributed by atoms with Crippen molar-refractivity contribution in [2.45, 2.75) is 13.0 Å². The summed E-state index contributed by atoms with van der Waals surface area (Å²) in [6.45, 7) is 2.90. The van der Waals surface area contributed by atoms with Gasteiger partial charge in [0.1, 0.15) is 6.10 Å². The highest BCUT2D eigenvalue weighted by Gasteiger charge is 2.27. The molecule has 0 saturated carbocycles. The second-order valence-electron chi connectivity index (χ2n) is 2.53. The van der Waals surface area contributed by atoms with Crippen molar-refractivity contribution in [1.82, 2.24) is 4.98 Å². The molecule has 1 aliphatic heterocycles. The molecule has 2 rings (SSSR count).